The Labute approximate surface area is 130 Å². The van der Waals surface area contributed by atoms with Gasteiger partial charge in [-0.05, 0) is 12.8 Å². The Morgan fingerprint density at radius 3 is 2.32 bits per heavy atom. The van der Waals surface area contributed by atoms with Crippen LogP contribution in [0.25, 0.3) is 0 Å². The number of nitrogens with one attached hydrogen (secondary N) is 2. The molecule has 1 atom stereocenters. The van der Waals surface area contributed by atoms with Gasteiger partial charge in [0.1, 0.15) is 6.04 Å². The summed E-state index contributed by atoms with van der Waals surface area (Å²) in [5.74, 6) is -0.801. The second kappa shape index (κ2) is 8.81. The van der Waals surface area contributed by atoms with Gasteiger partial charge in [0.05, 0.1) is 13.2 Å². The maximum absolute atomic E-state index is 11.9. The summed E-state index contributed by atoms with van der Waals surface area (Å²) in [5.41, 5.74) is 0.522. The van der Waals surface area contributed by atoms with E-state index in [9.17, 15) is 14.4 Å². The largest absolute Gasteiger partial charge is 0.464 e. The molecule has 6 heteroatoms. The van der Waals surface area contributed by atoms with Gasteiger partial charge >= 0.3 is 12.0 Å². The van der Waals surface area contributed by atoms with E-state index in [0.717, 1.165) is 0 Å². The number of rotatable bonds is 7. The molecule has 1 unspecified atom stereocenters. The van der Waals surface area contributed by atoms with Crippen LogP contribution in [0.15, 0.2) is 30.3 Å². The van der Waals surface area contributed by atoms with Crippen molar-refractivity contribution in [2.24, 2.45) is 5.92 Å². The zero-order valence-corrected chi connectivity index (χ0v) is 13.1. The van der Waals surface area contributed by atoms with Crippen LogP contribution in [0.2, 0.25) is 0 Å². The summed E-state index contributed by atoms with van der Waals surface area (Å²) in [6.07, 6.45) is 0. The summed E-state index contributed by atoms with van der Waals surface area (Å²) in [7, 11) is 0. The van der Waals surface area contributed by atoms with Gasteiger partial charge in [-0.25, -0.2) is 9.59 Å². The zero-order chi connectivity index (χ0) is 16.5. The van der Waals surface area contributed by atoms with Gasteiger partial charge in [0.25, 0.3) is 0 Å². The number of benzene rings is 1. The molecule has 0 aliphatic heterocycles. The Hall–Kier alpha value is -2.37. The van der Waals surface area contributed by atoms with E-state index in [2.05, 4.69) is 10.6 Å². The molecule has 0 radical (unpaired) electrons. The topological polar surface area (TPSA) is 84.5 Å². The number of esters is 1. The molecular formula is C16H22N2O4. The van der Waals surface area contributed by atoms with Crippen LogP contribution < -0.4 is 10.6 Å². The molecule has 0 spiro atoms. The lowest BCUT2D eigenvalue weighted by Crippen LogP contribution is -2.50. The minimum atomic E-state index is -0.744. The fraction of sp³-hybridized carbons (Fsp3) is 0.438. The van der Waals surface area contributed by atoms with E-state index in [1.807, 2.05) is 6.07 Å². The highest BCUT2D eigenvalue weighted by molar-refractivity contribution is 5.99. The molecule has 0 heterocycles. The normalized spacial score (nSPS) is 11.6. The molecule has 2 amide bonds. The van der Waals surface area contributed by atoms with Crippen LogP contribution in [0.4, 0.5) is 4.79 Å². The van der Waals surface area contributed by atoms with Crippen molar-refractivity contribution in [2.75, 3.05) is 13.2 Å². The van der Waals surface area contributed by atoms with Crippen LogP contribution in [0, 0.1) is 5.92 Å². The molecular weight excluding hydrogens is 284 g/mol. The monoisotopic (exact) mass is 306 g/mol. The number of ether oxygens (including phenoxy) is 1. The summed E-state index contributed by atoms with van der Waals surface area (Å²) in [4.78, 5) is 35.4. The molecule has 0 aromatic heterocycles. The Morgan fingerprint density at radius 2 is 1.77 bits per heavy atom. The highest BCUT2D eigenvalue weighted by atomic mass is 16.5. The lowest BCUT2D eigenvalue weighted by atomic mass is 10.1. The van der Waals surface area contributed by atoms with Crippen LogP contribution in [-0.2, 0) is 9.53 Å². The first-order valence-electron chi connectivity index (χ1n) is 7.25. The average Bonchev–Trinajstić information content (AvgIpc) is 2.51. The molecule has 2 N–H and O–H groups in total. The fourth-order valence-corrected chi connectivity index (χ4v) is 1.81. The standard InChI is InChI=1S/C16H22N2O4/c1-4-22-15(20)14(11(2)3)18-16(21)17-10-13(19)12-8-6-5-7-9-12/h5-9,11,14H,4,10H2,1-3H3,(H2,17,18,21). The first-order chi connectivity index (χ1) is 10.5. The second-order valence-electron chi connectivity index (χ2n) is 5.09. The molecule has 0 saturated carbocycles. The molecule has 1 aromatic rings. The Bertz CT molecular complexity index is 514. The molecule has 1 aromatic carbocycles. The maximum atomic E-state index is 11.9. The number of urea groups is 1. The molecule has 0 saturated heterocycles. The van der Waals surface area contributed by atoms with Crippen LogP contribution in [0.1, 0.15) is 31.1 Å². The Morgan fingerprint density at radius 1 is 1.14 bits per heavy atom. The molecule has 22 heavy (non-hydrogen) atoms. The summed E-state index contributed by atoms with van der Waals surface area (Å²) in [5, 5.41) is 4.99. The minimum absolute atomic E-state index is 0.116. The number of hydrogen-bond acceptors (Lipinski definition) is 4. The molecule has 6 nitrogen and oxygen atoms in total. The number of carbonyl (C=O) groups is 3. The SMILES string of the molecule is CCOC(=O)C(NC(=O)NCC(=O)c1ccccc1)C(C)C. The lowest BCUT2D eigenvalue weighted by molar-refractivity contribution is -0.146. The van der Waals surface area contributed by atoms with E-state index in [1.165, 1.54) is 0 Å². The van der Waals surface area contributed by atoms with E-state index in [1.54, 1.807) is 45.0 Å². The minimum Gasteiger partial charge on any atom is -0.464 e. The summed E-state index contributed by atoms with van der Waals surface area (Å²) >= 11 is 0. The van der Waals surface area contributed by atoms with Gasteiger partial charge in [-0.2, -0.15) is 0 Å². The van der Waals surface area contributed by atoms with Gasteiger partial charge in [-0.3, -0.25) is 4.79 Å². The maximum Gasteiger partial charge on any atom is 0.328 e. The van der Waals surface area contributed by atoms with Crippen LogP contribution >= 0.6 is 0 Å². The Kier molecular flexibility index (Phi) is 7.08. The van der Waals surface area contributed by atoms with Gasteiger partial charge in [0, 0.05) is 5.56 Å². The fourth-order valence-electron chi connectivity index (χ4n) is 1.81. The van der Waals surface area contributed by atoms with Gasteiger partial charge < -0.3 is 15.4 Å². The van der Waals surface area contributed by atoms with E-state index >= 15 is 0 Å². The third-order valence-electron chi connectivity index (χ3n) is 3.00. The smallest absolute Gasteiger partial charge is 0.328 e. The van der Waals surface area contributed by atoms with Crippen LogP contribution in [0.5, 0.6) is 0 Å². The molecule has 0 aliphatic carbocycles. The van der Waals surface area contributed by atoms with Crippen molar-refractivity contribution in [3.05, 3.63) is 35.9 Å². The van der Waals surface area contributed by atoms with E-state index in [-0.39, 0.29) is 24.9 Å². The van der Waals surface area contributed by atoms with Crippen LogP contribution in [0.3, 0.4) is 0 Å². The first kappa shape index (κ1) is 17.7. The number of Topliss-reactive ketones (excluding diaryl/α,β-unsaturated/α-hetero) is 1. The lowest BCUT2D eigenvalue weighted by Gasteiger charge is -2.20. The van der Waals surface area contributed by atoms with Crippen molar-refractivity contribution in [3.63, 3.8) is 0 Å². The van der Waals surface area contributed by atoms with Gasteiger partial charge in [0.2, 0.25) is 0 Å². The number of amides is 2. The van der Waals surface area contributed by atoms with Crippen molar-refractivity contribution in [1.29, 1.82) is 0 Å². The summed E-state index contributed by atoms with van der Waals surface area (Å²) in [6.45, 7) is 5.42. The highest BCUT2D eigenvalue weighted by Crippen LogP contribution is 2.04. The van der Waals surface area contributed by atoms with Gasteiger partial charge in [-0.15, -0.1) is 0 Å². The predicted molar refractivity (Wildman–Crippen MR) is 82.6 cm³/mol. The van der Waals surface area contributed by atoms with Gasteiger partial charge in [-0.1, -0.05) is 44.2 Å². The third kappa shape index (κ3) is 5.55. The van der Waals surface area contributed by atoms with Crippen LogP contribution in [-0.4, -0.2) is 37.0 Å². The second-order valence-corrected chi connectivity index (χ2v) is 5.09. The van der Waals surface area contributed by atoms with E-state index < -0.39 is 18.0 Å². The molecule has 0 aliphatic rings. The number of ketones is 1. The first-order valence-corrected chi connectivity index (χ1v) is 7.25. The summed E-state index contributed by atoms with van der Waals surface area (Å²) < 4.78 is 4.91. The highest BCUT2D eigenvalue weighted by Gasteiger charge is 2.25. The summed E-state index contributed by atoms with van der Waals surface area (Å²) in [6, 6.07) is 7.35. The predicted octanol–water partition coefficient (Wildman–Crippen LogP) is 1.76. The van der Waals surface area contributed by atoms with Crippen molar-refractivity contribution in [2.45, 2.75) is 26.8 Å². The number of carbonyl (C=O) groups excluding carboxylic acids is 3. The molecule has 0 bridgehead atoms. The Balaban J connectivity index is 2.50. The molecule has 120 valence electrons. The van der Waals surface area contributed by atoms with Crippen molar-refractivity contribution in [3.8, 4) is 0 Å². The zero-order valence-electron chi connectivity index (χ0n) is 13.1. The quantitative estimate of drug-likeness (QED) is 0.594. The van der Waals surface area contributed by atoms with E-state index in [0.29, 0.717) is 5.56 Å². The van der Waals surface area contributed by atoms with Crippen molar-refractivity contribution < 1.29 is 19.1 Å². The van der Waals surface area contributed by atoms with Crippen molar-refractivity contribution >= 4 is 17.8 Å². The van der Waals surface area contributed by atoms with Gasteiger partial charge in [0.15, 0.2) is 5.78 Å². The molecule has 0 fully saturated rings. The average molecular weight is 306 g/mol. The third-order valence-corrected chi connectivity index (χ3v) is 3.00. The number of hydrogen-bond donors (Lipinski definition) is 2. The molecule has 1 rings (SSSR count). The van der Waals surface area contributed by atoms with E-state index in [4.69, 9.17) is 4.74 Å². The van der Waals surface area contributed by atoms with Crippen molar-refractivity contribution in [1.82, 2.24) is 10.6 Å².